The molecule has 6 rings (SSSR count). The van der Waals surface area contributed by atoms with Crippen LogP contribution in [0.15, 0.2) is 107 Å². The Balaban J connectivity index is 1.80. The fraction of sp³-hybridized carbons (Fsp3) is 0.143. The van der Waals surface area contributed by atoms with Gasteiger partial charge in [0.25, 0.3) is 0 Å². The molecule has 0 unspecified atom stereocenters. The monoisotopic (exact) mass is 544 g/mol. The first kappa shape index (κ1) is 19.8. The van der Waals surface area contributed by atoms with E-state index >= 15 is 0 Å². The summed E-state index contributed by atoms with van der Waals surface area (Å²) >= 11 is 0.385. The van der Waals surface area contributed by atoms with Crippen LogP contribution in [0.4, 0.5) is 0 Å². The van der Waals surface area contributed by atoms with E-state index in [2.05, 4.69) is 95.7 Å². The van der Waals surface area contributed by atoms with Crippen LogP contribution in [0.1, 0.15) is 35.4 Å². The number of benzene rings is 2. The molecule has 0 saturated heterocycles. The van der Waals surface area contributed by atoms with Gasteiger partial charge in [0.05, 0.1) is 0 Å². The topological polar surface area (TPSA) is 0 Å². The van der Waals surface area contributed by atoms with E-state index in [1.807, 2.05) is 22.7 Å². The molecule has 152 valence electrons. The van der Waals surface area contributed by atoms with Gasteiger partial charge >= 0.3 is 198 Å². The van der Waals surface area contributed by atoms with Gasteiger partial charge in [-0.2, -0.15) is 0 Å². The van der Waals surface area contributed by atoms with Crippen molar-refractivity contribution in [3.05, 3.63) is 117 Å². The van der Waals surface area contributed by atoms with Crippen molar-refractivity contribution < 1.29 is 0 Å². The van der Waals surface area contributed by atoms with Crippen LogP contribution in [-0.2, 0) is 0 Å². The molecule has 0 bridgehead atoms. The van der Waals surface area contributed by atoms with Crippen molar-refractivity contribution in [2.24, 2.45) is 0 Å². The summed E-state index contributed by atoms with van der Waals surface area (Å²) in [5.74, 6) is 0. The number of hydrogen-bond acceptors (Lipinski definition) is 2. The Bertz CT molecular complexity index is 1150. The summed E-state index contributed by atoms with van der Waals surface area (Å²) in [5.41, 5.74) is 3.39. The van der Waals surface area contributed by atoms with Crippen molar-refractivity contribution in [1.82, 2.24) is 0 Å². The number of thiophene rings is 2. The van der Waals surface area contributed by atoms with Crippen molar-refractivity contribution in [1.29, 1.82) is 0 Å². The van der Waals surface area contributed by atoms with Gasteiger partial charge in [-0.3, -0.25) is 0 Å². The van der Waals surface area contributed by atoms with Gasteiger partial charge < -0.3 is 0 Å². The van der Waals surface area contributed by atoms with E-state index in [4.69, 9.17) is 0 Å². The van der Waals surface area contributed by atoms with Crippen LogP contribution in [0.5, 0.6) is 0 Å². The molecule has 1 saturated carbocycles. The van der Waals surface area contributed by atoms with Crippen LogP contribution in [0.3, 0.4) is 0 Å². The van der Waals surface area contributed by atoms with Gasteiger partial charge in [0.15, 0.2) is 0 Å². The van der Waals surface area contributed by atoms with Gasteiger partial charge in [-0.05, 0) is 0 Å². The molecule has 0 amide bonds. The van der Waals surface area contributed by atoms with Gasteiger partial charge in [-0.15, -0.1) is 0 Å². The number of allylic oxidation sites excluding steroid dienone is 2. The summed E-state index contributed by atoms with van der Waals surface area (Å²) in [6.07, 6.45) is 5.10. The van der Waals surface area contributed by atoms with Crippen molar-refractivity contribution in [3.63, 3.8) is 0 Å². The second-order valence-corrected chi connectivity index (χ2v) is 20.7. The molecule has 0 spiro atoms. The summed E-state index contributed by atoms with van der Waals surface area (Å²) in [4.78, 5) is 3.01. The molecule has 0 atom stereocenters. The summed E-state index contributed by atoms with van der Waals surface area (Å²) in [5, 5.41) is 4.53. The maximum absolute atomic E-state index is 3.49. The fourth-order valence-electron chi connectivity index (χ4n) is 5.66. The van der Waals surface area contributed by atoms with E-state index in [1.54, 1.807) is 25.5 Å². The Labute approximate surface area is 196 Å². The zero-order valence-electron chi connectivity index (χ0n) is 17.4. The Morgan fingerprint density at radius 2 is 0.968 bits per heavy atom. The Hall–Kier alpha value is -1.88. The predicted octanol–water partition coefficient (Wildman–Crippen LogP) is 6.95. The van der Waals surface area contributed by atoms with Crippen LogP contribution in [0.2, 0.25) is 0 Å². The molecule has 31 heavy (non-hydrogen) atoms. The molecule has 4 aromatic rings. The molecule has 2 aromatic heterocycles. The van der Waals surface area contributed by atoms with E-state index in [-0.39, 0.29) is 0 Å². The van der Waals surface area contributed by atoms with Crippen molar-refractivity contribution in [2.45, 2.75) is 25.7 Å². The molecular weight excluding hydrogens is 519 g/mol. The molecule has 0 N–H and O–H groups in total. The minimum absolute atomic E-state index is 1.23. The Kier molecular flexibility index (Phi) is 5.25. The van der Waals surface area contributed by atoms with Gasteiger partial charge in [0.2, 0.25) is 0 Å². The summed E-state index contributed by atoms with van der Waals surface area (Å²) in [6, 6.07) is 32.4. The molecule has 1 aliphatic heterocycles. The van der Waals surface area contributed by atoms with Crippen molar-refractivity contribution in [3.8, 4) is 0 Å². The first-order valence-corrected chi connectivity index (χ1v) is 18.5. The van der Waals surface area contributed by atoms with Crippen LogP contribution >= 0.6 is 22.7 Å². The van der Waals surface area contributed by atoms with Crippen LogP contribution in [-0.4, -0.2) is 18.4 Å². The Morgan fingerprint density at radius 1 is 0.516 bits per heavy atom. The predicted molar refractivity (Wildman–Crippen MR) is 139 cm³/mol. The van der Waals surface area contributed by atoms with Crippen molar-refractivity contribution >= 4 is 55.4 Å². The van der Waals surface area contributed by atoms with E-state index in [0.717, 1.165) is 0 Å². The third-order valence-corrected chi connectivity index (χ3v) is 24.0. The zero-order valence-corrected chi connectivity index (χ0v) is 21.9. The zero-order chi connectivity index (χ0) is 20.7. The SMILES string of the molecule is c1cc[c]([Sn]2([c]3ccccc3)[C](c3cccs3)=C3CCCCC3=[C]2c2cccs2)cc1. The van der Waals surface area contributed by atoms with Gasteiger partial charge in [-0.1, -0.05) is 0 Å². The normalized spacial score (nSPS) is 17.8. The fourth-order valence-corrected chi connectivity index (χ4v) is 25.8. The standard InChI is InChI=1S/C16H14S2.2C6H5.Sn/c1-2-6-14(12-16-8-4-10-18-16)13(5-1)11-15-7-3-9-17-15;2*1-2-4-6-5-3-1;/h3-4,7-10H,1-2,5-6H2;2*1-5H;. The van der Waals surface area contributed by atoms with E-state index in [1.165, 1.54) is 35.4 Å². The van der Waals surface area contributed by atoms with Crippen LogP contribution in [0.25, 0.3) is 7.18 Å². The molecular formula is C28H24S2Sn. The first-order valence-electron chi connectivity index (χ1n) is 11.1. The summed E-state index contributed by atoms with van der Waals surface area (Å²) < 4.78 is 6.65. The number of rotatable bonds is 4. The molecule has 2 aliphatic rings. The second-order valence-electron chi connectivity index (χ2n) is 8.35. The minimum atomic E-state index is -3.49. The summed E-state index contributed by atoms with van der Waals surface area (Å²) in [6.45, 7) is 0. The molecule has 0 nitrogen and oxygen atoms in total. The van der Waals surface area contributed by atoms with E-state index < -0.39 is 18.4 Å². The van der Waals surface area contributed by atoms with Gasteiger partial charge in [0, 0.05) is 0 Å². The van der Waals surface area contributed by atoms with Gasteiger partial charge in [-0.25, -0.2) is 0 Å². The van der Waals surface area contributed by atoms with Crippen LogP contribution < -0.4 is 7.16 Å². The molecule has 3 heterocycles. The van der Waals surface area contributed by atoms with E-state index in [0.29, 0.717) is 0 Å². The second kappa shape index (κ2) is 8.23. The molecule has 1 aliphatic carbocycles. The molecule has 1 fully saturated rings. The van der Waals surface area contributed by atoms with Gasteiger partial charge in [0.1, 0.15) is 0 Å². The first-order chi connectivity index (χ1) is 15.4. The molecule has 2 aromatic carbocycles. The number of fused-ring (bicyclic) bond motifs is 1. The quantitative estimate of drug-likeness (QED) is 0.245. The van der Waals surface area contributed by atoms with Crippen molar-refractivity contribution in [2.75, 3.05) is 0 Å². The number of hydrogen-bond donors (Lipinski definition) is 0. The van der Waals surface area contributed by atoms with E-state index in [9.17, 15) is 0 Å². The third kappa shape index (κ3) is 3.06. The van der Waals surface area contributed by atoms with Crippen LogP contribution in [0, 0.1) is 0 Å². The third-order valence-electron chi connectivity index (χ3n) is 6.77. The molecule has 0 radical (unpaired) electrons. The summed E-state index contributed by atoms with van der Waals surface area (Å²) in [7, 11) is 0. The maximum atomic E-state index is 2.43. The molecule has 3 heteroatoms. The average molecular weight is 543 g/mol. The Morgan fingerprint density at radius 3 is 1.35 bits per heavy atom. The average Bonchev–Trinajstić information content (AvgIpc) is 3.59.